The molecule has 0 bridgehead atoms. The lowest BCUT2D eigenvalue weighted by molar-refractivity contribution is -0.124. The van der Waals surface area contributed by atoms with E-state index in [1.165, 1.54) is 12.5 Å². The summed E-state index contributed by atoms with van der Waals surface area (Å²) in [5.74, 6) is -0.309. The van der Waals surface area contributed by atoms with Gasteiger partial charge in [0.15, 0.2) is 6.61 Å². The van der Waals surface area contributed by atoms with E-state index in [2.05, 4.69) is 15.6 Å². The summed E-state index contributed by atoms with van der Waals surface area (Å²) in [5.41, 5.74) is 0.969. The van der Waals surface area contributed by atoms with E-state index in [1.807, 2.05) is 13.8 Å². The van der Waals surface area contributed by atoms with Crippen LogP contribution in [0.4, 0.5) is 4.79 Å². The number of urea groups is 1. The second kappa shape index (κ2) is 8.32. The van der Waals surface area contributed by atoms with Gasteiger partial charge < -0.3 is 15.4 Å². The number of carbonyl (C=O) groups excluding carboxylic acids is 2. The molecular weight excluding hydrogens is 222 g/mol. The van der Waals surface area contributed by atoms with Crippen molar-refractivity contribution in [3.8, 4) is 0 Å². The van der Waals surface area contributed by atoms with Crippen LogP contribution in [-0.2, 0) is 9.53 Å². The van der Waals surface area contributed by atoms with Crippen LogP contribution >= 0.6 is 0 Å². The number of hydrogen-bond acceptors (Lipinski definition) is 3. The van der Waals surface area contributed by atoms with Crippen LogP contribution in [0.25, 0.3) is 0 Å². The molecule has 0 fully saturated rings. The molecule has 0 aromatic rings. The Bertz CT molecular complexity index is 320. The highest BCUT2D eigenvalue weighted by Gasteiger charge is 2.08. The van der Waals surface area contributed by atoms with Gasteiger partial charge in [0.25, 0.3) is 5.91 Å². The van der Waals surface area contributed by atoms with Crippen molar-refractivity contribution in [2.45, 2.75) is 33.9 Å². The van der Waals surface area contributed by atoms with Gasteiger partial charge in [-0.05, 0) is 33.3 Å². The highest BCUT2D eigenvalue weighted by Crippen LogP contribution is 1.89. The minimum atomic E-state index is -0.495. The molecule has 0 aromatic heterocycles. The van der Waals surface area contributed by atoms with Crippen molar-refractivity contribution in [1.82, 2.24) is 10.6 Å². The third-order valence-corrected chi connectivity index (χ3v) is 1.50. The molecule has 0 aliphatic carbocycles. The van der Waals surface area contributed by atoms with Gasteiger partial charge in [-0.25, -0.2) is 9.79 Å². The maximum absolute atomic E-state index is 11.3. The standard InChI is InChI=1S/C11H19N3O3/c1-5-12-11(16)14-9(4)13-10(15)7-17-6-8(2)3/h5-6,9H,7H2,1-4H3,(H,13,15)(H,14,16)/b12-5+. The van der Waals surface area contributed by atoms with Crippen LogP contribution in [-0.4, -0.2) is 30.9 Å². The molecule has 0 radical (unpaired) electrons. The summed E-state index contributed by atoms with van der Waals surface area (Å²) in [6, 6.07) is -0.495. The summed E-state index contributed by atoms with van der Waals surface area (Å²) >= 11 is 0. The van der Waals surface area contributed by atoms with Crippen molar-refractivity contribution >= 4 is 18.2 Å². The first-order chi connectivity index (χ1) is 7.95. The predicted octanol–water partition coefficient (Wildman–Crippen LogP) is 1.19. The van der Waals surface area contributed by atoms with E-state index >= 15 is 0 Å². The molecule has 2 N–H and O–H groups in total. The summed E-state index contributed by atoms with van der Waals surface area (Å²) in [6.07, 6.45) is 2.39. The predicted molar refractivity (Wildman–Crippen MR) is 65.7 cm³/mol. The molecule has 0 aromatic carbocycles. The summed E-state index contributed by atoms with van der Waals surface area (Å²) < 4.78 is 4.99. The highest BCUT2D eigenvalue weighted by molar-refractivity contribution is 5.83. The van der Waals surface area contributed by atoms with Crippen molar-refractivity contribution < 1.29 is 14.3 Å². The Morgan fingerprint density at radius 1 is 1.35 bits per heavy atom. The Balaban J connectivity index is 3.88. The van der Waals surface area contributed by atoms with Gasteiger partial charge in [-0.3, -0.25) is 4.79 Å². The van der Waals surface area contributed by atoms with Crippen LogP contribution in [0.2, 0.25) is 0 Å². The molecule has 96 valence electrons. The van der Waals surface area contributed by atoms with Gasteiger partial charge >= 0.3 is 6.03 Å². The fraction of sp³-hybridized carbons (Fsp3) is 0.545. The Kier molecular flexibility index (Phi) is 7.41. The third kappa shape index (κ3) is 9.10. The van der Waals surface area contributed by atoms with Crippen molar-refractivity contribution in [3.05, 3.63) is 11.8 Å². The van der Waals surface area contributed by atoms with Crippen LogP contribution in [0.15, 0.2) is 16.8 Å². The molecule has 0 aliphatic heterocycles. The van der Waals surface area contributed by atoms with E-state index in [9.17, 15) is 9.59 Å². The van der Waals surface area contributed by atoms with E-state index in [1.54, 1.807) is 13.8 Å². The SMILES string of the molecule is C/C=N/C(=O)NC(C)NC(=O)COC=C(C)C. The highest BCUT2D eigenvalue weighted by atomic mass is 16.5. The number of rotatable bonds is 5. The summed E-state index contributed by atoms with van der Waals surface area (Å²) in [7, 11) is 0. The monoisotopic (exact) mass is 241 g/mol. The average Bonchev–Trinajstić information content (AvgIpc) is 2.16. The second-order valence-electron chi connectivity index (χ2n) is 3.63. The lowest BCUT2D eigenvalue weighted by Gasteiger charge is -2.13. The minimum Gasteiger partial charge on any atom is -0.491 e. The number of carbonyl (C=O) groups is 2. The Labute approximate surface area is 101 Å². The normalized spacial score (nSPS) is 11.8. The van der Waals surface area contributed by atoms with Crippen LogP contribution in [0, 0.1) is 0 Å². The molecule has 0 saturated carbocycles. The summed E-state index contributed by atoms with van der Waals surface area (Å²) in [5, 5.41) is 5.02. The van der Waals surface area contributed by atoms with E-state index in [0.29, 0.717) is 0 Å². The van der Waals surface area contributed by atoms with Crippen molar-refractivity contribution in [3.63, 3.8) is 0 Å². The van der Waals surface area contributed by atoms with Crippen LogP contribution in [0.5, 0.6) is 0 Å². The zero-order valence-electron chi connectivity index (χ0n) is 10.6. The number of allylic oxidation sites excluding steroid dienone is 1. The van der Waals surface area contributed by atoms with Crippen molar-refractivity contribution in [2.75, 3.05) is 6.61 Å². The number of amides is 3. The molecule has 17 heavy (non-hydrogen) atoms. The zero-order chi connectivity index (χ0) is 13.3. The van der Waals surface area contributed by atoms with E-state index in [-0.39, 0.29) is 12.5 Å². The topological polar surface area (TPSA) is 79.8 Å². The van der Waals surface area contributed by atoms with Crippen LogP contribution < -0.4 is 10.6 Å². The maximum atomic E-state index is 11.3. The molecule has 0 rings (SSSR count). The van der Waals surface area contributed by atoms with Gasteiger partial charge in [0.05, 0.1) is 6.26 Å². The average molecular weight is 241 g/mol. The molecule has 0 heterocycles. The first kappa shape index (κ1) is 15.2. The quantitative estimate of drug-likeness (QED) is 0.431. The largest absolute Gasteiger partial charge is 0.491 e. The molecule has 6 nitrogen and oxygen atoms in total. The number of aliphatic imine (C=N–C) groups is 1. The fourth-order valence-electron chi connectivity index (χ4n) is 0.943. The van der Waals surface area contributed by atoms with E-state index < -0.39 is 12.2 Å². The lowest BCUT2D eigenvalue weighted by atomic mass is 10.4. The molecule has 1 atom stereocenters. The van der Waals surface area contributed by atoms with Gasteiger partial charge in [0.2, 0.25) is 0 Å². The second-order valence-corrected chi connectivity index (χ2v) is 3.63. The van der Waals surface area contributed by atoms with Crippen LogP contribution in [0.1, 0.15) is 27.7 Å². The summed E-state index contributed by atoms with van der Waals surface area (Å²) in [6.45, 7) is 6.92. The minimum absolute atomic E-state index is 0.0809. The first-order valence-electron chi connectivity index (χ1n) is 5.29. The maximum Gasteiger partial charge on any atom is 0.342 e. The molecule has 0 saturated heterocycles. The number of hydrogen-bond donors (Lipinski definition) is 2. The molecule has 0 spiro atoms. The van der Waals surface area contributed by atoms with Gasteiger partial charge in [-0.15, -0.1) is 0 Å². The van der Waals surface area contributed by atoms with Gasteiger partial charge in [0.1, 0.15) is 6.17 Å². The van der Waals surface area contributed by atoms with E-state index in [4.69, 9.17) is 4.74 Å². The third-order valence-electron chi connectivity index (χ3n) is 1.50. The zero-order valence-corrected chi connectivity index (χ0v) is 10.6. The van der Waals surface area contributed by atoms with Crippen molar-refractivity contribution in [2.24, 2.45) is 4.99 Å². The summed E-state index contributed by atoms with van der Waals surface area (Å²) in [4.78, 5) is 25.8. The number of nitrogens with zero attached hydrogens (tertiary/aromatic N) is 1. The lowest BCUT2D eigenvalue weighted by Crippen LogP contribution is -2.46. The molecule has 3 amide bonds. The Morgan fingerprint density at radius 3 is 2.53 bits per heavy atom. The van der Waals surface area contributed by atoms with Gasteiger partial charge in [-0.2, -0.15) is 0 Å². The molecule has 1 unspecified atom stereocenters. The molecule has 0 aliphatic rings. The molecular formula is C11H19N3O3. The molecule has 6 heteroatoms. The first-order valence-corrected chi connectivity index (χ1v) is 5.29. The Morgan fingerprint density at radius 2 is 2.00 bits per heavy atom. The fourth-order valence-corrected chi connectivity index (χ4v) is 0.943. The smallest absolute Gasteiger partial charge is 0.342 e. The van der Waals surface area contributed by atoms with Crippen LogP contribution in [0.3, 0.4) is 0 Å². The van der Waals surface area contributed by atoms with Crippen molar-refractivity contribution in [1.29, 1.82) is 0 Å². The number of nitrogens with one attached hydrogen (secondary N) is 2. The van der Waals surface area contributed by atoms with Gasteiger partial charge in [0, 0.05) is 6.21 Å². The van der Waals surface area contributed by atoms with Gasteiger partial charge in [-0.1, -0.05) is 0 Å². The number of ether oxygens (including phenoxy) is 1. The Hall–Kier alpha value is -1.85. The van der Waals surface area contributed by atoms with E-state index in [0.717, 1.165) is 5.57 Å².